The van der Waals surface area contributed by atoms with Crippen LogP contribution >= 0.6 is 11.3 Å². The molecule has 1 aliphatic heterocycles. The van der Waals surface area contributed by atoms with E-state index >= 15 is 0 Å². The molecule has 0 aliphatic carbocycles. The van der Waals surface area contributed by atoms with E-state index in [4.69, 9.17) is 0 Å². The molecule has 28 heavy (non-hydrogen) atoms. The van der Waals surface area contributed by atoms with E-state index in [9.17, 15) is 13.2 Å². The monoisotopic (exact) mass is 425 g/mol. The summed E-state index contributed by atoms with van der Waals surface area (Å²) >= 11 is 0.954. The molecular formula is C16H23N7O3S2. The second-order valence-corrected chi connectivity index (χ2v) is 9.78. The van der Waals surface area contributed by atoms with Gasteiger partial charge < -0.3 is 15.1 Å². The summed E-state index contributed by atoms with van der Waals surface area (Å²) in [5, 5.41) is 2.78. The van der Waals surface area contributed by atoms with Gasteiger partial charge in [-0.2, -0.15) is 4.31 Å². The largest absolute Gasteiger partial charge is 0.363 e. The van der Waals surface area contributed by atoms with Crippen LogP contribution in [0.25, 0.3) is 0 Å². The van der Waals surface area contributed by atoms with Gasteiger partial charge in [0.25, 0.3) is 10.0 Å². The smallest absolute Gasteiger partial charge is 0.254 e. The molecule has 12 heteroatoms. The fraction of sp³-hybridized carbons (Fsp3) is 0.500. The minimum Gasteiger partial charge on any atom is -0.363 e. The Bertz CT molecular complexity index is 966. The Balaban J connectivity index is 1.71. The van der Waals surface area contributed by atoms with Crippen LogP contribution in [0.5, 0.6) is 0 Å². The molecule has 0 spiro atoms. The van der Waals surface area contributed by atoms with E-state index in [1.54, 1.807) is 0 Å². The first-order valence-corrected chi connectivity index (χ1v) is 10.9. The third kappa shape index (κ3) is 4.39. The number of sulfonamides is 1. The van der Waals surface area contributed by atoms with Crippen LogP contribution in [0.15, 0.2) is 16.5 Å². The molecule has 0 radical (unpaired) electrons. The zero-order chi connectivity index (χ0) is 20.5. The van der Waals surface area contributed by atoms with E-state index in [0.29, 0.717) is 32.0 Å². The van der Waals surface area contributed by atoms with E-state index in [-0.39, 0.29) is 15.2 Å². The number of piperazine rings is 1. The molecule has 0 saturated carbocycles. The molecule has 1 N–H and O–H groups in total. The fourth-order valence-electron chi connectivity index (χ4n) is 2.80. The first kappa shape index (κ1) is 20.4. The number of nitrogens with one attached hydrogen (secondary N) is 1. The molecule has 3 rings (SSSR count). The summed E-state index contributed by atoms with van der Waals surface area (Å²) in [6.45, 7) is 4.94. The van der Waals surface area contributed by atoms with Gasteiger partial charge in [-0.3, -0.25) is 4.79 Å². The molecule has 2 aromatic rings. The molecule has 0 aromatic carbocycles. The number of nitrogens with zero attached hydrogens (tertiary/aromatic N) is 6. The first-order chi connectivity index (χ1) is 13.2. The summed E-state index contributed by atoms with van der Waals surface area (Å²) < 4.78 is 27.3. The van der Waals surface area contributed by atoms with E-state index in [1.165, 1.54) is 17.4 Å². The van der Waals surface area contributed by atoms with Crippen molar-refractivity contribution < 1.29 is 13.2 Å². The third-order valence-corrected chi connectivity index (χ3v) is 7.44. The molecule has 1 aliphatic rings. The maximum Gasteiger partial charge on any atom is 0.254 e. The second kappa shape index (κ2) is 7.97. The summed E-state index contributed by atoms with van der Waals surface area (Å²) in [5.74, 6) is 1.99. The topological polar surface area (TPSA) is 112 Å². The predicted octanol–water partition coefficient (Wildman–Crippen LogP) is 0.777. The lowest BCUT2D eigenvalue weighted by atomic mass is 10.3. The molecule has 2 aromatic heterocycles. The van der Waals surface area contributed by atoms with Crippen molar-refractivity contribution in [2.45, 2.75) is 18.1 Å². The highest BCUT2D eigenvalue weighted by molar-refractivity contribution is 7.91. The van der Waals surface area contributed by atoms with Crippen molar-refractivity contribution in [1.29, 1.82) is 0 Å². The van der Waals surface area contributed by atoms with Crippen LogP contribution in [0.1, 0.15) is 12.7 Å². The highest BCUT2D eigenvalue weighted by Crippen LogP contribution is 2.27. The van der Waals surface area contributed by atoms with Crippen LogP contribution in [-0.2, 0) is 14.8 Å². The van der Waals surface area contributed by atoms with E-state index in [1.807, 2.05) is 32.0 Å². The summed E-state index contributed by atoms with van der Waals surface area (Å²) in [6, 6.07) is 1.90. The van der Waals surface area contributed by atoms with Crippen molar-refractivity contribution >= 4 is 44.0 Å². The van der Waals surface area contributed by atoms with Gasteiger partial charge in [0.15, 0.2) is 9.34 Å². The van der Waals surface area contributed by atoms with Crippen molar-refractivity contribution in [3.63, 3.8) is 0 Å². The van der Waals surface area contributed by atoms with Gasteiger partial charge in [-0.15, -0.1) is 0 Å². The first-order valence-electron chi connectivity index (χ1n) is 8.68. The van der Waals surface area contributed by atoms with Crippen LogP contribution < -0.4 is 15.1 Å². The van der Waals surface area contributed by atoms with Gasteiger partial charge in [-0.1, -0.05) is 11.3 Å². The Morgan fingerprint density at radius 2 is 1.89 bits per heavy atom. The minimum atomic E-state index is -3.64. The Morgan fingerprint density at radius 1 is 1.21 bits per heavy atom. The van der Waals surface area contributed by atoms with Crippen LogP contribution in [0, 0.1) is 6.92 Å². The number of carbonyl (C=O) groups excluding carboxylic acids is 1. The Hall–Kier alpha value is -2.31. The summed E-state index contributed by atoms with van der Waals surface area (Å²) in [6.07, 6.45) is 1.29. The molecule has 0 unspecified atom stereocenters. The molecule has 152 valence electrons. The van der Waals surface area contributed by atoms with Gasteiger partial charge in [-0.05, 0) is 6.92 Å². The lowest BCUT2D eigenvalue weighted by Crippen LogP contribution is -2.48. The van der Waals surface area contributed by atoms with Crippen molar-refractivity contribution in [2.24, 2.45) is 0 Å². The van der Waals surface area contributed by atoms with Crippen molar-refractivity contribution in [3.8, 4) is 0 Å². The molecule has 1 saturated heterocycles. The number of aryl methyl sites for hydroxylation is 1. The lowest BCUT2D eigenvalue weighted by Gasteiger charge is -2.34. The number of rotatable bonds is 5. The molecule has 3 heterocycles. The Morgan fingerprint density at radius 3 is 2.50 bits per heavy atom. The van der Waals surface area contributed by atoms with Gasteiger partial charge in [0, 0.05) is 53.3 Å². The maximum atomic E-state index is 12.9. The van der Waals surface area contributed by atoms with Gasteiger partial charge in [-0.25, -0.2) is 23.4 Å². The van der Waals surface area contributed by atoms with Crippen molar-refractivity contribution in [3.05, 3.63) is 18.1 Å². The standard InChI is InChI=1S/C16H23N7O3S2/c1-11-18-13(21(3)4)9-14(19-11)22-5-7-23(8-6-22)28(25,26)15-10-17-16(27-15)20-12(2)24/h9-10H,5-8H2,1-4H3,(H,17,20,24). The van der Waals surface area contributed by atoms with E-state index < -0.39 is 10.0 Å². The third-order valence-electron chi connectivity index (χ3n) is 4.19. The van der Waals surface area contributed by atoms with Crippen LogP contribution in [0.4, 0.5) is 16.8 Å². The Kier molecular flexibility index (Phi) is 5.82. The molecule has 10 nitrogen and oxygen atoms in total. The van der Waals surface area contributed by atoms with Crippen LogP contribution in [0.2, 0.25) is 0 Å². The van der Waals surface area contributed by atoms with Gasteiger partial charge in [0.05, 0.1) is 6.20 Å². The predicted molar refractivity (Wildman–Crippen MR) is 108 cm³/mol. The van der Waals surface area contributed by atoms with E-state index in [0.717, 1.165) is 23.0 Å². The van der Waals surface area contributed by atoms with Gasteiger partial charge in [0.1, 0.15) is 17.5 Å². The van der Waals surface area contributed by atoms with Crippen molar-refractivity contribution in [2.75, 3.05) is 55.4 Å². The highest BCUT2D eigenvalue weighted by atomic mass is 32.2. The zero-order valence-electron chi connectivity index (χ0n) is 16.2. The summed E-state index contributed by atoms with van der Waals surface area (Å²) in [7, 11) is 0.192. The maximum absolute atomic E-state index is 12.9. The number of amides is 1. The fourth-order valence-corrected chi connectivity index (χ4v) is 5.45. The van der Waals surface area contributed by atoms with Gasteiger partial charge >= 0.3 is 0 Å². The highest BCUT2D eigenvalue weighted by Gasteiger charge is 2.31. The summed E-state index contributed by atoms with van der Waals surface area (Å²) in [4.78, 5) is 27.9. The second-order valence-electron chi connectivity index (χ2n) is 6.58. The molecule has 0 bridgehead atoms. The number of anilines is 3. The summed E-state index contributed by atoms with van der Waals surface area (Å²) in [5.41, 5.74) is 0. The van der Waals surface area contributed by atoms with Crippen molar-refractivity contribution in [1.82, 2.24) is 19.3 Å². The number of aromatic nitrogens is 3. The number of thiazole rings is 1. The quantitative estimate of drug-likeness (QED) is 0.748. The molecule has 0 atom stereocenters. The van der Waals surface area contributed by atoms with Crippen LogP contribution in [-0.4, -0.2) is 73.9 Å². The molecule has 1 fully saturated rings. The average molecular weight is 426 g/mol. The zero-order valence-corrected chi connectivity index (χ0v) is 17.8. The molecule has 1 amide bonds. The average Bonchev–Trinajstić information content (AvgIpc) is 3.10. The number of carbonyl (C=O) groups is 1. The lowest BCUT2D eigenvalue weighted by molar-refractivity contribution is -0.114. The molecular weight excluding hydrogens is 402 g/mol. The minimum absolute atomic E-state index is 0.123. The normalized spacial score (nSPS) is 15.5. The number of hydrogen-bond donors (Lipinski definition) is 1. The SMILES string of the molecule is CC(=O)Nc1ncc(S(=O)(=O)N2CCN(c3cc(N(C)C)nc(C)n3)CC2)s1. The van der Waals surface area contributed by atoms with Gasteiger partial charge in [0.2, 0.25) is 5.91 Å². The number of hydrogen-bond acceptors (Lipinski definition) is 9. The van der Waals surface area contributed by atoms with E-state index in [2.05, 4.69) is 25.2 Å². The Labute approximate surface area is 168 Å². The van der Waals surface area contributed by atoms with Crippen LogP contribution in [0.3, 0.4) is 0 Å².